The number of rotatable bonds is 4. The van der Waals surface area contributed by atoms with Crippen molar-refractivity contribution < 1.29 is 4.74 Å². The van der Waals surface area contributed by atoms with Crippen molar-refractivity contribution >= 4 is 11.4 Å². The van der Waals surface area contributed by atoms with Gasteiger partial charge in [-0.05, 0) is 43.5 Å². The van der Waals surface area contributed by atoms with Crippen LogP contribution in [0, 0.1) is 0 Å². The van der Waals surface area contributed by atoms with Gasteiger partial charge in [0.1, 0.15) is 5.75 Å². The van der Waals surface area contributed by atoms with Gasteiger partial charge in [0.25, 0.3) is 0 Å². The molecule has 0 saturated heterocycles. The van der Waals surface area contributed by atoms with Crippen LogP contribution >= 0.6 is 0 Å². The number of nitrogen functional groups attached to an aromatic ring is 1. The van der Waals surface area contributed by atoms with E-state index in [9.17, 15) is 0 Å². The van der Waals surface area contributed by atoms with Gasteiger partial charge in [-0.25, -0.2) is 0 Å². The summed E-state index contributed by atoms with van der Waals surface area (Å²) in [6.45, 7) is 4.65. The minimum absolute atomic E-state index is 0.695. The number of nitrogens with zero attached hydrogens (tertiary/aromatic N) is 1. The van der Waals surface area contributed by atoms with E-state index < -0.39 is 0 Å². The summed E-state index contributed by atoms with van der Waals surface area (Å²) in [5.41, 5.74) is 10.8. The van der Waals surface area contributed by atoms with Crippen LogP contribution in [-0.4, -0.2) is 13.2 Å². The first-order valence-electron chi connectivity index (χ1n) is 7.62. The quantitative estimate of drug-likeness (QED) is 0.870. The number of nitrogens with two attached hydrogens (primary N) is 1. The van der Waals surface area contributed by atoms with Gasteiger partial charge < -0.3 is 15.4 Å². The van der Waals surface area contributed by atoms with Crippen LogP contribution in [0.2, 0.25) is 0 Å². The van der Waals surface area contributed by atoms with Crippen LogP contribution in [0.1, 0.15) is 24.5 Å². The van der Waals surface area contributed by atoms with Crippen molar-refractivity contribution in [2.75, 3.05) is 23.8 Å². The van der Waals surface area contributed by atoms with Crippen LogP contribution in [0.4, 0.5) is 11.4 Å². The zero-order valence-corrected chi connectivity index (χ0v) is 12.5. The van der Waals surface area contributed by atoms with Crippen LogP contribution in [-0.2, 0) is 13.0 Å². The van der Waals surface area contributed by atoms with Gasteiger partial charge in [0.15, 0.2) is 0 Å². The molecule has 0 atom stereocenters. The monoisotopic (exact) mass is 282 g/mol. The summed E-state index contributed by atoms with van der Waals surface area (Å²) in [7, 11) is 0. The van der Waals surface area contributed by atoms with Gasteiger partial charge in [0, 0.05) is 30.0 Å². The van der Waals surface area contributed by atoms with E-state index in [4.69, 9.17) is 10.5 Å². The standard InChI is InChI=1S/C18H22N2O/c1-2-21-18-11-4-3-7-14(18)13-20-12-6-8-15-16(19)9-5-10-17(15)20/h3-5,7,9-11H,2,6,8,12-13,19H2,1H3. The Morgan fingerprint density at radius 2 is 2.00 bits per heavy atom. The van der Waals surface area contributed by atoms with Crippen molar-refractivity contribution in [2.24, 2.45) is 0 Å². The van der Waals surface area contributed by atoms with E-state index in [1.807, 2.05) is 31.2 Å². The highest BCUT2D eigenvalue weighted by Gasteiger charge is 2.19. The average molecular weight is 282 g/mol. The van der Waals surface area contributed by atoms with Crippen LogP contribution in [0.3, 0.4) is 0 Å². The van der Waals surface area contributed by atoms with Gasteiger partial charge in [-0.15, -0.1) is 0 Å². The SMILES string of the molecule is CCOc1ccccc1CN1CCCc2c(N)cccc21. The molecule has 3 nitrogen and oxygen atoms in total. The van der Waals surface area contributed by atoms with E-state index in [0.717, 1.165) is 37.4 Å². The van der Waals surface area contributed by atoms with E-state index in [1.54, 1.807) is 0 Å². The van der Waals surface area contributed by atoms with Gasteiger partial charge >= 0.3 is 0 Å². The number of benzene rings is 2. The number of hydrogen-bond donors (Lipinski definition) is 1. The van der Waals surface area contributed by atoms with Crippen molar-refractivity contribution in [3.05, 3.63) is 53.6 Å². The third-order valence-electron chi connectivity index (χ3n) is 4.02. The maximum Gasteiger partial charge on any atom is 0.124 e. The molecule has 3 heteroatoms. The summed E-state index contributed by atoms with van der Waals surface area (Å²) in [5.74, 6) is 0.982. The Kier molecular flexibility index (Phi) is 4.00. The Labute approximate surface area is 126 Å². The Bertz CT molecular complexity index is 624. The fourth-order valence-electron chi connectivity index (χ4n) is 3.03. The van der Waals surface area contributed by atoms with E-state index in [0.29, 0.717) is 6.61 Å². The van der Waals surface area contributed by atoms with E-state index in [-0.39, 0.29) is 0 Å². The lowest BCUT2D eigenvalue weighted by molar-refractivity contribution is 0.336. The second-order valence-corrected chi connectivity index (χ2v) is 5.41. The molecule has 110 valence electrons. The molecule has 0 bridgehead atoms. The van der Waals surface area contributed by atoms with Crippen LogP contribution in [0.15, 0.2) is 42.5 Å². The van der Waals surface area contributed by atoms with E-state index in [1.165, 1.54) is 16.8 Å². The topological polar surface area (TPSA) is 38.5 Å². The van der Waals surface area contributed by atoms with Crippen LogP contribution in [0.5, 0.6) is 5.75 Å². The maximum atomic E-state index is 6.12. The molecule has 2 aromatic rings. The lowest BCUT2D eigenvalue weighted by atomic mass is 9.99. The lowest BCUT2D eigenvalue weighted by Crippen LogP contribution is -2.29. The first-order chi connectivity index (χ1) is 10.3. The molecule has 0 amide bonds. The van der Waals surface area contributed by atoms with Crippen molar-refractivity contribution in [3.63, 3.8) is 0 Å². The largest absolute Gasteiger partial charge is 0.494 e. The summed E-state index contributed by atoms with van der Waals surface area (Å²) in [5, 5.41) is 0. The molecule has 1 heterocycles. The number of fused-ring (bicyclic) bond motifs is 1. The predicted octanol–water partition coefficient (Wildman–Crippen LogP) is 3.62. The molecule has 0 radical (unpaired) electrons. The number of hydrogen-bond acceptors (Lipinski definition) is 3. The molecule has 0 spiro atoms. The third-order valence-corrected chi connectivity index (χ3v) is 4.02. The first-order valence-corrected chi connectivity index (χ1v) is 7.62. The summed E-state index contributed by atoms with van der Waals surface area (Å²) in [6.07, 6.45) is 2.23. The molecule has 1 aliphatic rings. The second kappa shape index (κ2) is 6.08. The molecule has 2 aromatic carbocycles. The Balaban J connectivity index is 1.89. The highest BCUT2D eigenvalue weighted by atomic mass is 16.5. The van der Waals surface area contributed by atoms with Gasteiger partial charge in [0.05, 0.1) is 6.61 Å². The van der Waals surface area contributed by atoms with Crippen molar-refractivity contribution in [3.8, 4) is 5.75 Å². The highest BCUT2D eigenvalue weighted by molar-refractivity contribution is 5.66. The van der Waals surface area contributed by atoms with Crippen LogP contribution < -0.4 is 15.4 Å². The van der Waals surface area contributed by atoms with Crippen molar-refractivity contribution in [1.29, 1.82) is 0 Å². The normalized spacial score (nSPS) is 13.9. The molecule has 2 N–H and O–H groups in total. The minimum Gasteiger partial charge on any atom is -0.494 e. The molecule has 0 aromatic heterocycles. The molecule has 0 unspecified atom stereocenters. The summed E-state index contributed by atoms with van der Waals surface area (Å²) in [4.78, 5) is 2.41. The Morgan fingerprint density at radius 3 is 2.86 bits per heavy atom. The molecule has 0 fully saturated rings. The molecule has 0 saturated carbocycles. The third kappa shape index (κ3) is 2.82. The lowest BCUT2D eigenvalue weighted by Gasteiger charge is -2.32. The van der Waals surface area contributed by atoms with Gasteiger partial charge in [-0.3, -0.25) is 0 Å². The molecular weight excluding hydrogens is 260 g/mol. The van der Waals surface area contributed by atoms with Gasteiger partial charge in [-0.1, -0.05) is 24.3 Å². The van der Waals surface area contributed by atoms with Gasteiger partial charge in [-0.2, -0.15) is 0 Å². The highest BCUT2D eigenvalue weighted by Crippen LogP contribution is 2.33. The molecule has 1 aliphatic heterocycles. The van der Waals surface area contributed by atoms with Gasteiger partial charge in [0.2, 0.25) is 0 Å². The molecule has 21 heavy (non-hydrogen) atoms. The first kappa shape index (κ1) is 13.8. The zero-order chi connectivity index (χ0) is 14.7. The number of ether oxygens (including phenoxy) is 1. The summed E-state index contributed by atoms with van der Waals surface area (Å²) in [6, 6.07) is 14.5. The molecule has 0 aliphatic carbocycles. The summed E-state index contributed by atoms with van der Waals surface area (Å²) >= 11 is 0. The molecular formula is C18H22N2O. The smallest absolute Gasteiger partial charge is 0.124 e. The average Bonchev–Trinajstić information content (AvgIpc) is 2.51. The Morgan fingerprint density at radius 1 is 1.14 bits per heavy atom. The number of para-hydroxylation sites is 1. The minimum atomic E-state index is 0.695. The van der Waals surface area contributed by atoms with Crippen molar-refractivity contribution in [2.45, 2.75) is 26.3 Å². The zero-order valence-electron chi connectivity index (χ0n) is 12.5. The number of anilines is 2. The van der Waals surface area contributed by atoms with Crippen LogP contribution in [0.25, 0.3) is 0 Å². The molecule has 3 rings (SSSR count). The summed E-state index contributed by atoms with van der Waals surface area (Å²) < 4.78 is 5.74. The maximum absolute atomic E-state index is 6.12. The Hall–Kier alpha value is -2.16. The van der Waals surface area contributed by atoms with E-state index >= 15 is 0 Å². The predicted molar refractivity (Wildman–Crippen MR) is 87.8 cm³/mol. The fraction of sp³-hybridized carbons (Fsp3) is 0.333. The van der Waals surface area contributed by atoms with E-state index in [2.05, 4.69) is 23.1 Å². The fourth-order valence-corrected chi connectivity index (χ4v) is 3.03. The second-order valence-electron chi connectivity index (χ2n) is 5.41. The van der Waals surface area contributed by atoms with Crippen molar-refractivity contribution in [1.82, 2.24) is 0 Å².